The van der Waals surface area contributed by atoms with Gasteiger partial charge in [0.2, 0.25) is 15.9 Å². The zero-order valence-corrected chi connectivity index (χ0v) is 19.5. The molecule has 0 aromatic heterocycles. The van der Waals surface area contributed by atoms with Gasteiger partial charge in [-0.1, -0.05) is 29.3 Å². The minimum atomic E-state index is -3.56. The first-order valence-electron chi connectivity index (χ1n) is 10.0. The van der Waals surface area contributed by atoms with Gasteiger partial charge >= 0.3 is 0 Å². The van der Waals surface area contributed by atoms with Crippen molar-refractivity contribution in [2.45, 2.75) is 18.2 Å². The molecular formula is C21H25Cl2N3O4S. The maximum Gasteiger partial charge on any atom is 0.243 e. The fraction of sp³-hybridized carbons (Fsp3) is 0.381. The normalized spacial score (nSPS) is 15.6. The van der Waals surface area contributed by atoms with Crippen LogP contribution in [0.5, 0.6) is 5.75 Å². The highest BCUT2D eigenvalue weighted by molar-refractivity contribution is 7.89. The Morgan fingerprint density at radius 2 is 1.65 bits per heavy atom. The lowest BCUT2D eigenvalue weighted by atomic mass is 10.2. The summed E-state index contributed by atoms with van der Waals surface area (Å²) in [5.74, 6) is 0.446. The summed E-state index contributed by atoms with van der Waals surface area (Å²) in [5, 5.41) is 3.51. The SMILES string of the molecule is CCOc1ccc(S(=O)(=O)N2CCN(CCC(=O)Nc3c(Cl)cccc3Cl)CC2)cc1. The predicted octanol–water partition coefficient (Wildman–Crippen LogP) is 3.73. The van der Waals surface area contributed by atoms with E-state index in [2.05, 4.69) is 10.2 Å². The van der Waals surface area contributed by atoms with E-state index in [1.165, 1.54) is 4.31 Å². The summed E-state index contributed by atoms with van der Waals surface area (Å²) in [6, 6.07) is 11.5. The first-order chi connectivity index (χ1) is 14.8. The summed E-state index contributed by atoms with van der Waals surface area (Å²) in [7, 11) is -3.56. The van der Waals surface area contributed by atoms with Gasteiger partial charge in [-0.3, -0.25) is 4.79 Å². The van der Waals surface area contributed by atoms with E-state index >= 15 is 0 Å². The van der Waals surface area contributed by atoms with Crippen molar-refractivity contribution in [1.29, 1.82) is 0 Å². The zero-order chi connectivity index (χ0) is 22.4. The van der Waals surface area contributed by atoms with Gasteiger partial charge in [0.15, 0.2) is 0 Å². The highest BCUT2D eigenvalue weighted by Gasteiger charge is 2.28. The number of ether oxygens (including phenoxy) is 1. The molecule has 0 bridgehead atoms. The molecule has 1 aliphatic rings. The van der Waals surface area contributed by atoms with E-state index < -0.39 is 10.0 Å². The van der Waals surface area contributed by atoms with Crippen LogP contribution in [0.25, 0.3) is 0 Å². The predicted molar refractivity (Wildman–Crippen MR) is 123 cm³/mol. The molecule has 0 spiro atoms. The summed E-state index contributed by atoms with van der Waals surface area (Å²) in [6.07, 6.45) is 0.257. The van der Waals surface area contributed by atoms with E-state index in [9.17, 15) is 13.2 Å². The molecule has 0 unspecified atom stereocenters. The van der Waals surface area contributed by atoms with Crippen molar-refractivity contribution in [2.75, 3.05) is 44.6 Å². The van der Waals surface area contributed by atoms with Gasteiger partial charge in [0.25, 0.3) is 0 Å². The molecular weight excluding hydrogens is 461 g/mol. The fourth-order valence-electron chi connectivity index (χ4n) is 3.30. The van der Waals surface area contributed by atoms with Crippen LogP contribution in [0, 0.1) is 0 Å². The van der Waals surface area contributed by atoms with Crippen LogP contribution < -0.4 is 10.1 Å². The maximum atomic E-state index is 12.9. The number of amides is 1. The van der Waals surface area contributed by atoms with E-state index in [0.717, 1.165) is 0 Å². The van der Waals surface area contributed by atoms with E-state index in [-0.39, 0.29) is 17.2 Å². The Morgan fingerprint density at radius 3 is 2.23 bits per heavy atom. The Bertz CT molecular complexity index is 988. The lowest BCUT2D eigenvalue weighted by molar-refractivity contribution is -0.116. The van der Waals surface area contributed by atoms with Crippen molar-refractivity contribution in [3.8, 4) is 5.75 Å². The maximum absolute atomic E-state index is 12.9. The Kier molecular flexibility index (Phi) is 8.18. The monoisotopic (exact) mass is 485 g/mol. The summed E-state index contributed by atoms with van der Waals surface area (Å²) >= 11 is 12.2. The number of piperazine rings is 1. The number of nitrogens with zero attached hydrogens (tertiary/aromatic N) is 2. The average Bonchev–Trinajstić information content (AvgIpc) is 2.76. The van der Waals surface area contributed by atoms with Gasteiger partial charge in [-0.15, -0.1) is 0 Å². The molecule has 7 nitrogen and oxygen atoms in total. The molecule has 1 aliphatic heterocycles. The standard InChI is InChI=1S/C21H25Cl2N3O4S/c1-2-30-16-6-8-17(9-7-16)31(28,29)26-14-12-25(13-15-26)11-10-20(27)24-21-18(22)4-3-5-19(21)23/h3-9H,2,10-15H2,1H3,(H,24,27). The molecule has 31 heavy (non-hydrogen) atoms. The van der Waals surface area contributed by atoms with Crippen molar-refractivity contribution in [2.24, 2.45) is 0 Å². The van der Waals surface area contributed by atoms with Gasteiger partial charge in [-0.05, 0) is 43.3 Å². The third kappa shape index (κ3) is 6.11. The van der Waals surface area contributed by atoms with E-state index in [4.69, 9.17) is 27.9 Å². The molecule has 168 valence electrons. The van der Waals surface area contributed by atoms with Crippen LogP contribution in [0.15, 0.2) is 47.4 Å². The van der Waals surface area contributed by atoms with Crippen molar-refractivity contribution >= 4 is 44.8 Å². The van der Waals surface area contributed by atoms with Gasteiger partial charge in [-0.2, -0.15) is 4.31 Å². The molecule has 0 aliphatic carbocycles. The quantitative estimate of drug-likeness (QED) is 0.616. The first-order valence-corrected chi connectivity index (χ1v) is 12.2. The molecule has 3 rings (SSSR count). The van der Waals surface area contributed by atoms with Crippen LogP contribution in [0.1, 0.15) is 13.3 Å². The molecule has 1 saturated heterocycles. The van der Waals surface area contributed by atoms with Crippen molar-refractivity contribution in [3.05, 3.63) is 52.5 Å². The van der Waals surface area contributed by atoms with Crippen molar-refractivity contribution in [1.82, 2.24) is 9.21 Å². The van der Waals surface area contributed by atoms with Gasteiger partial charge in [0.05, 0.1) is 27.2 Å². The second kappa shape index (κ2) is 10.7. The lowest BCUT2D eigenvalue weighted by Crippen LogP contribution is -2.49. The minimum absolute atomic E-state index is 0.195. The zero-order valence-electron chi connectivity index (χ0n) is 17.2. The number of hydrogen-bond donors (Lipinski definition) is 1. The smallest absolute Gasteiger partial charge is 0.243 e. The van der Waals surface area contributed by atoms with Crippen LogP contribution in [0.3, 0.4) is 0 Å². The van der Waals surface area contributed by atoms with Crippen LogP contribution in [-0.4, -0.2) is 62.9 Å². The largest absolute Gasteiger partial charge is 0.494 e. The van der Waals surface area contributed by atoms with Crippen LogP contribution >= 0.6 is 23.2 Å². The topological polar surface area (TPSA) is 79.0 Å². The summed E-state index contributed by atoms with van der Waals surface area (Å²) in [4.78, 5) is 14.6. The summed E-state index contributed by atoms with van der Waals surface area (Å²) in [5.41, 5.74) is 0.405. The van der Waals surface area contributed by atoms with Crippen LogP contribution in [0.2, 0.25) is 10.0 Å². The van der Waals surface area contributed by atoms with Crippen molar-refractivity contribution in [3.63, 3.8) is 0 Å². The molecule has 0 atom stereocenters. The molecule has 2 aromatic rings. The number of hydrogen-bond acceptors (Lipinski definition) is 5. The summed E-state index contributed by atoms with van der Waals surface area (Å²) < 4.78 is 32.6. The van der Waals surface area contributed by atoms with Gasteiger partial charge < -0.3 is 15.0 Å². The third-order valence-electron chi connectivity index (χ3n) is 4.99. The van der Waals surface area contributed by atoms with Crippen LogP contribution in [-0.2, 0) is 14.8 Å². The first kappa shape index (κ1) is 23.8. The van der Waals surface area contributed by atoms with Crippen molar-refractivity contribution < 1.29 is 17.9 Å². The number of sulfonamides is 1. The number of benzene rings is 2. The number of halogens is 2. The second-order valence-electron chi connectivity index (χ2n) is 7.04. The molecule has 1 amide bonds. The number of anilines is 1. The Morgan fingerprint density at radius 1 is 1.03 bits per heavy atom. The Labute approximate surface area is 192 Å². The Balaban J connectivity index is 1.49. The Hall–Kier alpha value is -1.84. The van der Waals surface area contributed by atoms with Crippen LogP contribution in [0.4, 0.5) is 5.69 Å². The van der Waals surface area contributed by atoms with Gasteiger partial charge in [0, 0.05) is 39.1 Å². The second-order valence-corrected chi connectivity index (χ2v) is 9.80. The minimum Gasteiger partial charge on any atom is -0.494 e. The van der Waals surface area contributed by atoms with Gasteiger partial charge in [-0.25, -0.2) is 8.42 Å². The molecule has 0 saturated carbocycles. The summed E-state index contributed by atoms with van der Waals surface area (Å²) in [6.45, 7) is 4.76. The molecule has 10 heteroatoms. The number of nitrogens with one attached hydrogen (secondary N) is 1. The highest BCUT2D eigenvalue weighted by atomic mass is 35.5. The average molecular weight is 486 g/mol. The third-order valence-corrected chi connectivity index (χ3v) is 7.53. The number of para-hydroxylation sites is 1. The lowest BCUT2D eigenvalue weighted by Gasteiger charge is -2.33. The fourth-order valence-corrected chi connectivity index (χ4v) is 5.21. The van der Waals surface area contributed by atoms with E-state index in [1.54, 1.807) is 42.5 Å². The highest BCUT2D eigenvalue weighted by Crippen LogP contribution is 2.29. The molecule has 2 aromatic carbocycles. The number of carbonyl (C=O) groups excluding carboxylic acids is 1. The molecule has 1 heterocycles. The molecule has 1 fully saturated rings. The van der Waals surface area contributed by atoms with Gasteiger partial charge in [0.1, 0.15) is 5.75 Å². The molecule has 1 N–H and O–H groups in total. The number of rotatable bonds is 8. The number of carbonyl (C=O) groups is 1. The molecule has 0 radical (unpaired) electrons. The van der Waals surface area contributed by atoms with E-state index in [0.29, 0.717) is 60.8 Å². The van der Waals surface area contributed by atoms with E-state index in [1.807, 2.05) is 6.92 Å².